The van der Waals surface area contributed by atoms with E-state index in [9.17, 15) is 9.18 Å². The maximum Gasteiger partial charge on any atom is 0.248 e. The van der Waals surface area contributed by atoms with Crippen molar-refractivity contribution < 1.29 is 9.18 Å². The number of hydrazone groups is 1. The Morgan fingerprint density at radius 1 is 1.52 bits per heavy atom. The van der Waals surface area contributed by atoms with Crippen LogP contribution < -0.4 is 0 Å². The molecule has 0 radical (unpaired) electrons. The molecule has 0 saturated heterocycles. The second-order valence-corrected chi connectivity index (χ2v) is 6.64. The first-order valence-electron chi connectivity index (χ1n) is 7.51. The molecule has 4 nitrogen and oxygen atoms in total. The van der Waals surface area contributed by atoms with E-state index in [4.69, 9.17) is 16.9 Å². The standard InChI is InChI=1S/C17H19ClFN3O/c1-17(2,5-3-6-18)16(23)22-15(4-7-21-22)13-8-12(11-20)9-14(19)10-13/h7-10,15H,3-6H2,1-2H3. The molecule has 1 unspecified atom stereocenters. The number of nitriles is 1. The molecule has 0 aromatic heterocycles. The Bertz CT molecular complexity index is 666. The van der Waals surface area contributed by atoms with E-state index >= 15 is 0 Å². The quantitative estimate of drug-likeness (QED) is 0.763. The normalized spacial score (nSPS) is 17.3. The van der Waals surface area contributed by atoms with Crippen LogP contribution in [0.2, 0.25) is 0 Å². The van der Waals surface area contributed by atoms with E-state index < -0.39 is 11.2 Å². The summed E-state index contributed by atoms with van der Waals surface area (Å²) in [6, 6.07) is 5.70. The summed E-state index contributed by atoms with van der Waals surface area (Å²) in [7, 11) is 0. The molecule has 1 aliphatic heterocycles. The van der Waals surface area contributed by atoms with Gasteiger partial charge in [0, 0.05) is 23.9 Å². The summed E-state index contributed by atoms with van der Waals surface area (Å²) < 4.78 is 13.7. The molecule has 1 amide bonds. The average molecular weight is 336 g/mol. The van der Waals surface area contributed by atoms with E-state index in [1.54, 1.807) is 12.3 Å². The van der Waals surface area contributed by atoms with Crippen LogP contribution in [0.4, 0.5) is 4.39 Å². The minimum atomic E-state index is -0.597. The predicted molar refractivity (Wildman–Crippen MR) is 87.5 cm³/mol. The highest BCUT2D eigenvalue weighted by Crippen LogP contribution is 2.35. The molecule has 0 aliphatic carbocycles. The average Bonchev–Trinajstić information content (AvgIpc) is 3.00. The van der Waals surface area contributed by atoms with Crippen molar-refractivity contribution in [1.82, 2.24) is 5.01 Å². The summed E-state index contributed by atoms with van der Waals surface area (Å²) in [6.45, 7) is 3.72. The lowest BCUT2D eigenvalue weighted by molar-refractivity contribution is -0.142. The van der Waals surface area contributed by atoms with E-state index in [2.05, 4.69) is 5.10 Å². The highest BCUT2D eigenvalue weighted by atomic mass is 35.5. The molecule has 1 aliphatic rings. The Morgan fingerprint density at radius 3 is 2.91 bits per heavy atom. The molecule has 0 bridgehead atoms. The van der Waals surface area contributed by atoms with Gasteiger partial charge in [0.05, 0.1) is 17.7 Å². The summed E-state index contributed by atoms with van der Waals surface area (Å²) in [6.07, 6.45) is 3.55. The van der Waals surface area contributed by atoms with Gasteiger partial charge in [-0.1, -0.05) is 13.8 Å². The largest absolute Gasteiger partial charge is 0.272 e. The molecule has 23 heavy (non-hydrogen) atoms. The molecular weight excluding hydrogens is 317 g/mol. The van der Waals surface area contributed by atoms with Crippen molar-refractivity contribution in [3.63, 3.8) is 0 Å². The van der Waals surface area contributed by atoms with Gasteiger partial charge < -0.3 is 0 Å². The second-order valence-electron chi connectivity index (χ2n) is 6.26. The highest BCUT2D eigenvalue weighted by molar-refractivity contribution is 6.17. The van der Waals surface area contributed by atoms with Crippen molar-refractivity contribution in [3.05, 3.63) is 35.1 Å². The third-order valence-electron chi connectivity index (χ3n) is 3.99. The molecule has 1 aromatic rings. The number of rotatable bonds is 5. The number of hydrogen-bond donors (Lipinski definition) is 0. The van der Waals surface area contributed by atoms with Gasteiger partial charge in [0.1, 0.15) is 5.82 Å². The van der Waals surface area contributed by atoms with Crippen LogP contribution in [0.15, 0.2) is 23.3 Å². The van der Waals surface area contributed by atoms with E-state index in [1.165, 1.54) is 17.1 Å². The van der Waals surface area contributed by atoms with Gasteiger partial charge in [-0.2, -0.15) is 10.4 Å². The monoisotopic (exact) mass is 335 g/mol. The predicted octanol–water partition coefficient (Wildman–Crippen LogP) is 4.00. The minimum Gasteiger partial charge on any atom is -0.272 e. The van der Waals surface area contributed by atoms with Gasteiger partial charge in [-0.3, -0.25) is 4.79 Å². The molecule has 0 saturated carbocycles. The third-order valence-corrected chi connectivity index (χ3v) is 4.25. The van der Waals surface area contributed by atoms with Gasteiger partial charge in [0.15, 0.2) is 0 Å². The molecule has 2 rings (SSSR count). The minimum absolute atomic E-state index is 0.121. The number of amides is 1. The number of nitrogens with zero attached hydrogens (tertiary/aromatic N) is 3. The maximum absolute atomic E-state index is 13.7. The van der Waals surface area contributed by atoms with Crippen LogP contribution in [0.5, 0.6) is 0 Å². The van der Waals surface area contributed by atoms with Gasteiger partial charge in [0.25, 0.3) is 0 Å². The maximum atomic E-state index is 13.7. The molecule has 0 N–H and O–H groups in total. The fourth-order valence-electron chi connectivity index (χ4n) is 2.68. The van der Waals surface area contributed by atoms with Crippen LogP contribution >= 0.6 is 11.6 Å². The lowest BCUT2D eigenvalue weighted by Crippen LogP contribution is -2.38. The Labute approximate surface area is 140 Å². The van der Waals surface area contributed by atoms with Crippen LogP contribution in [0.25, 0.3) is 0 Å². The Hall–Kier alpha value is -1.93. The molecule has 1 aromatic carbocycles. The van der Waals surface area contributed by atoms with Crippen LogP contribution in [-0.2, 0) is 4.79 Å². The number of hydrogen-bond acceptors (Lipinski definition) is 3. The number of halogens is 2. The number of carbonyl (C=O) groups excluding carboxylic acids is 1. The van der Waals surface area contributed by atoms with Gasteiger partial charge >= 0.3 is 0 Å². The van der Waals surface area contributed by atoms with Crippen molar-refractivity contribution in [2.75, 3.05) is 5.88 Å². The van der Waals surface area contributed by atoms with Crippen molar-refractivity contribution in [1.29, 1.82) is 5.26 Å². The molecular formula is C17H19ClFN3O. The van der Waals surface area contributed by atoms with Crippen molar-refractivity contribution in [3.8, 4) is 6.07 Å². The fraction of sp³-hybridized carbons (Fsp3) is 0.471. The van der Waals surface area contributed by atoms with Crippen molar-refractivity contribution in [2.45, 2.75) is 39.2 Å². The lowest BCUT2D eigenvalue weighted by atomic mass is 9.86. The summed E-state index contributed by atoms with van der Waals surface area (Å²) in [5.41, 5.74) is 0.224. The first-order chi connectivity index (χ1) is 10.9. The topological polar surface area (TPSA) is 56.5 Å². The summed E-state index contributed by atoms with van der Waals surface area (Å²) in [5, 5.41) is 14.6. The third kappa shape index (κ3) is 3.89. The number of alkyl halides is 1. The van der Waals surface area contributed by atoms with E-state index in [0.29, 0.717) is 24.3 Å². The zero-order valence-electron chi connectivity index (χ0n) is 13.2. The van der Waals surface area contributed by atoms with E-state index in [-0.39, 0.29) is 17.5 Å². The number of benzene rings is 1. The number of carbonyl (C=O) groups is 1. The van der Waals surface area contributed by atoms with Crippen LogP contribution in [-0.4, -0.2) is 23.0 Å². The van der Waals surface area contributed by atoms with Gasteiger partial charge in [-0.25, -0.2) is 9.40 Å². The van der Waals surface area contributed by atoms with Gasteiger partial charge in [-0.05, 0) is 36.6 Å². The van der Waals surface area contributed by atoms with Crippen molar-refractivity contribution in [2.24, 2.45) is 10.5 Å². The van der Waals surface area contributed by atoms with Crippen LogP contribution in [0.3, 0.4) is 0 Å². The van der Waals surface area contributed by atoms with Gasteiger partial charge in [0.2, 0.25) is 5.91 Å². The lowest BCUT2D eigenvalue weighted by Gasteiger charge is -2.31. The Balaban J connectivity index is 2.26. The fourth-order valence-corrected chi connectivity index (χ4v) is 2.82. The first kappa shape index (κ1) is 17.4. The molecule has 1 heterocycles. The van der Waals surface area contributed by atoms with Crippen LogP contribution in [0, 0.1) is 22.6 Å². The zero-order valence-corrected chi connectivity index (χ0v) is 14.0. The molecule has 0 spiro atoms. The second kappa shape index (κ2) is 7.10. The van der Waals surface area contributed by atoms with E-state index in [0.717, 1.165) is 6.42 Å². The Morgan fingerprint density at radius 2 is 2.26 bits per heavy atom. The summed E-state index contributed by atoms with van der Waals surface area (Å²) in [5.74, 6) is -0.109. The van der Waals surface area contributed by atoms with Gasteiger partial charge in [-0.15, -0.1) is 11.6 Å². The summed E-state index contributed by atoms with van der Waals surface area (Å²) >= 11 is 5.72. The summed E-state index contributed by atoms with van der Waals surface area (Å²) in [4.78, 5) is 12.8. The smallest absolute Gasteiger partial charge is 0.248 e. The Kier molecular flexibility index (Phi) is 5.38. The van der Waals surface area contributed by atoms with E-state index in [1.807, 2.05) is 19.9 Å². The highest BCUT2D eigenvalue weighted by Gasteiger charge is 2.37. The zero-order chi connectivity index (χ0) is 17.0. The molecule has 6 heteroatoms. The first-order valence-corrected chi connectivity index (χ1v) is 8.05. The molecule has 0 fully saturated rings. The molecule has 1 atom stereocenters. The molecule has 122 valence electrons. The van der Waals surface area contributed by atoms with Crippen LogP contribution in [0.1, 0.15) is 50.3 Å². The SMILES string of the molecule is CC(C)(CCCCl)C(=O)N1N=CCC1c1cc(F)cc(C#N)c1. The van der Waals surface area contributed by atoms with Crippen molar-refractivity contribution >= 4 is 23.7 Å².